The van der Waals surface area contributed by atoms with Crippen molar-refractivity contribution in [2.75, 3.05) is 17.7 Å². The Balaban J connectivity index is 1.58. The van der Waals surface area contributed by atoms with Crippen LogP contribution in [-0.2, 0) is 11.8 Å². The summed E-state index contributed by atoms with van der Waals surface area (Å²) in [6.45, 7) is 4.24. The van der Waals surface area contributed by atoms with Gasteiger partial charge in [-0.25, -0.2) is 4.39 Å². The largest absolute Gasteiger partial charge is 0.492 e. The van der Waals surface area contributed by atoms with Crippen LogP contribution in [0.4, 0.5) is 10.1 Å². The summed E-state index contributed by atoms with van der Waals surface area (Å²) in [7, 11) is 1.81. The molecule has 0 bridgehead atoms. The van der Waals surface area contributed by atoms with E-state index in [4.69, 9.17) is 9.47 Å². The molecule has 1 atom stereocenters. The molecule has 158 valence electrons. The minimum atomic E-state index is -0.394. The summed E-state index contributed by atoms with van der Waals surface area (Å²) in [6, 6.07) is 13.1. The van der Waals surface area contributed by atoms with Crippen LogP contribution in [0, 0.1) is 5.82 Å². The lowest BCUT2D eigenvalue weighted by molar-refractivity contribution is -0.113. The van der Waals surface area contributed by atoms with Gasteiger partial charge >= 0.3 is 0 Å². The average Bonchev–Trinajstić information content (AvgIpc) is 3.10. The highest BCUT2D eigenvalue weighted by Gasteiger charge is 2.18. The molecule has 0 spiro atoms. The molecule has 0 radical (unpaired) electrons. The maximum Gasteiger partial charge on any atom is 0.234 e. The Hall–Kier alpha value is -3.07. The Morgan fingerprint density at radius 2 is 1.93 bits per heavy atom. The van der Waals surface area contributed by atoms with E-state index in [0.717, 1.165) is 0 Å². The van der Waals surface area contributed by atoms with Crippen molar-refractivity contribution in [3.63, 3.8) is 0 Å². The van der Waals surface area contributed by atoms with Crippen molar-refractivity contribution >= 4 is 23.4 Å². The third kappa shape index (κ3) is 5.50. The van der Waals surface area contributed by atoms with Crippen LogP contribution in [0.25, 0.3) is 0 Å². The number of amides is 1. The third-order valence-corrected chi connectivity index (χ3v) is 5.17. The normalized spacial score (nSPS) is 11.7. The van der Waals surface area contributed by atoms with Crippen LogP contribution in [0.3, 0.4) is 0 Å². The maximum absolute atomic E-state index is 13.0. The Labute approximate surface area is 178 Å². The molecule has 30 heavy (non-hydrogen) atoms. The highest BCUT2D eigenvalue weighted by atomic mass is 32.2. The molecule has 1 aromatic heterocycles. The third-order valence-electron chi connectivity index (χ3n) is 4.15. The van der Waals surface area contributed by atoms with Crippen LogP contribution in [0.2, 0.25) is 0 Å². The summed E-state index contributed by atoms with van der Waals surface area (Å²) in [4.78, 5) is 12.4. The van der Waals surface area contributed by atoms with Crippen LogP contribution >= 0.6 is 11.8 Å². The number of nitrogens with zero attached hydrogens (tertiary/aromatic N) is 3. The molecule has 0 aliphatic heterocycles. The number of para-hydroxylation sites is 2. The predicted octanol–water partition coefficient (Wildman–Crippen LogP) is 4.22. The molecule has 1 unspecified atom stereocenters. The van der Waals surface area contributed by atoms with Gasteiger partial charge in [0.1, 0.15) is 17.3 Å². The highest BCUT2D eigenvalue weighted by Crippen LogP contribution is 2.26. The number of hydrogen-bond donors (Lipinski definition) is 1. The van der Waals surface area contributed by atoms with Gasteiger partial charge in [-0.05, 0) is 50.2 Å². The molecule has 0 saturated carbocycles. The first-order chi connectivity index (χ1) is 14.5. The SMILES string of the molecule is CCOc1ccccc1NC(=O)CSc1nnc(C(C)Oc2ccc(F)cc2)n1C. The Morgan fingerprint density at radius 1 is 1.20 bits per heavy atom. The molecule has 3 aromatic rings. The number of ether oxygens (including phenoxy) is 2. The number of carbonyl (C=O) groups excluding carboxylic acids is 1. The van der Waals surface area contributed by atoms with E-state index in [1.165, 1.54) is 23.9 Å². The van der Waals surface area contributed by atoms with Gasteiger partial charge in [0.2, 0.25) is 5.91 Å². The molecule has 1 heterocycles. The molecule has 0 saturated heterocycles. The molecule has 0 aliphatic rings. The van der Waals surface area contributed by atoms with E-state index < -0.39 is 6.10 Å². The number of aromatic nitrogens is 3. The van der Waals surface area contributed by atoms with Gasteiger partial charge in [0.25, 0.3) is 0 Å². The second kappa shape index (κ2) is 10.1. The van der Waals surface area contributed by atoms with Crippen molar-refractivity contribution in [1.29, 1.82) is 0 Å². The van der Waals surface area contributed by atoms with Gasteiger partial charge in [-0.3, -0.25) is 4.79 Å². The van der Waals surface area contributed by atoms with Crippen LogP contribution in [0.15, 0.2) is 53.7 Å². The predicted molar refractivity (Wildman–Crippen MR) is 113 cm³/mol. The quantitative estimate of drug-likeness (QED) is 0.512. The van der Waals surface area contributed by atoms with E-state index in [1.54, 1.807) is 22.8 Å². The zero-order valence-electron chi connectivity index (χ0n) is 17.0. The zero-order chi connectivity index (χ0) is 21.5. The summed E-state index contributed by atoms with van der Waals surface area (Å²) in [5.74, 6) is 1.44. The fraction of sp³-hybridized carbons (Fsp3) is 0.286. The van der Waals surface area contributed by atoms with Crippen LogP contribution in [0.1, 0.15) is 25.8 Å². The highest BCUT2D eigenvalue weighted by molar-refractivity contribution is 7.99. The first kappa shape index (κ1) is 21.6. The van der Waals surface area contributed by atoms with Crippen molar-refractivity contribution in [2.24, 2.45) is 7.05 Å². The molecular weight excluding hydrogens is 407 g/mol. The first-order valence-electron chi connectivity index (χ1n) is 9.44. The van der Waals surface area contributed by atoms with Crippen LogP contribution in [-0.4, -0.2) is 33.0 Å². The molecule has 2 aromatic carbocycles. The van der Waals surface area contributed by atoms with Crippen LogP contribution < -0.4 is 14.8 Å². The fourth-order valence-electron chi connectivity index (χ4n) is 2.74. The van der Waals surface area contributed by atoms with E-state index in [9.17, 15) is 9.18 Å². The van der Waals surface area contributed by atoms with E-state index in [1.807, 2.05) is 39.1 Å². The molecular formula is C21H23FN4O3S. The van der Waals surface area contributed by atoms with Gasteiger partial charge in [0.05, 0.1) is 18.0 Å². The summed E-state index contributed by atoms with van der Waals surface area (Å²) in [6.07, 6.45) is -0.394. The van der Waals surface area contributed by atoms with Crippen LogP contribution in [0.5, 0.6) is 11.5 Å². The number of carbonyl (C=O) groups is 1. The number of thioether (sulfide) groups is 1. The lowest BCUT2D eigenvalue weighted by Gasteiger charge is -2.14. The zero-order valence-corrected chi connectivity index (χ0v) is 17.8. The summed E-state index contributed by atoms with van der Waals surface area (Å²) in [5.41, 5.74) is 0.630. The molecule has 7 nitrogen and oxygen atoms in total. The molecule has 3 rings (SSSR count). The topological polar surface area (TPSA) is 78.3 Å². The first-order valence-corrected chi connectivity index (χ1v) is 10.4. The van der Waals surface area contributed by atoms with Crippen molar-refractivity contribution in [1.82, 2.24) is 14.8 Å². The lowest BCUT2D eigenvalue weighted by atomic mass is 10.3. The summed E-state index contributed by atoms with van der Waals surface area (Å²) < 4.78 is 26.1. The number of halogens is 1. The minimum absolute atomic E-state index is 0.166. The average molecular weight is 431 g/mol. The minimum Gasteiger partial charge on any atom is -0.492 e. The van der Waals surface area contributed by atoms with Crippen molar-refractivity contribution < 1.29 is 18.7 Å². The van der Waals surface area contributed by atoms with Crippen molar-refractivity contribution in [3.05, 3.63) is 60.2 Å². The molecule has 1 N–H and O–H groups in total. The number of benzene rings is 2. The van der Waals surface area contributed by atoms with Crippen molar-refractivity contribution in [2.45, 2.75) is 25.1 Å². The van der Waals surface area contributed by atoms with Gasteiger partial charge < -0.3 is 19.4 Å². The van der Waals surface area contributed by atoms with E-state index in [2.05, 4.69) is 15.5 Å². The van der Waals surface area contributed by atoms with E-state index in [0.29, 0.717) is 34.8 Å². The maximum atomic E-state index is 13.0. The van der Waals surface area contributed by atoms with Gasteiger partial charge in [-0.2, -0.15) is 0 Å². The Bertz CT molecular complexity index is 994. The van der Waals surface area contributed by atoms with E-state index in [-0.39, 0.29) is 17.5 Å². The summed E-state index contributed by atoms with van der Waals surface area (Å²) >= 11 is 1.27. The number of anilines is 1. The number of nitrogens with one attached hydrogen (secondary N) is 1. The Morgan fingerprint density at radius 3 is 2.67 bits per heavy atom. The van der Waals surface area contributed by atoms with Gasteiger partial charge in [0.15, 0.2) is 17.1 Å². The van der Waals surface area contributed by atoms with E-state index >= 15 is 0 Å². The molecule has 0 aliphatic carbocycles. The summed E-state index contributed by atoms with van der Waals surface area (Å²) in [5, 5.41) is 11.8. The monoisotopic (exact) mass is 430 g/mol. The number of rotatable bonds is 9. The second-order valence-corrected chi connectivity index (χ2v) is 7.32. The van der Waals surface area contributed by atoms with Gasteiger partial charge in [0, 0.05) is 7.05 Å². The number of hydrogen-bond acceptors (Lipinski definition) is 6. The molecule has 0 fully saturated rings. The second-order valence-electron chi connectivity index (χ2n) is 6.38. The van der Waals surface area contributed by atoms with Gasteiger partial charge in [-0.15, -0.1) is 10.2 Å². The standard InChI is InChI=1S/C21H23FN4O3S/c1-4-28-18-8-6-5-7-17(18)23-19(27)13-30-21-25-24-20(26(21)3)14(2)29-16-11-9-15(22)10-12-16/h5-12,14H,4,13H2,1-3H3,(H,23,27). The smallest absolute Gasteiger partial charge is 0.234 e. The molecule has 1 amide bonds. The lowest BCUT2D eigenvalue weighted by Crippen LogP contribution is -2.15. The fourth-order valence-corrected chi connectivity index (χ4v) is 3.46. The Kier molecular flexibility index (Phi) is 7.29. The van der Waals surface area contributed by atoms with Crippen molar-refractivity contribution in [3.8, 4) is 11.5 Å². The van der Waals surface area contributed by atoms with Gasteiger partial charge in [-0.1, -0.05) is 23.9 Å². The molecule has 9 heteroatoms.